The van der Waals surface area contributed by atoms with E-state index in [0.717, 1.165) is 6.42 Å². The maximum Gasteiger partial charge on any atom is 0.269 e. The zero-order valence-corrected chi connectivity index (χ0v) is 18.4. The van der Waals surface area contributed by atoms with Gasteiger partial charge < -0.3 is 23.8 Å². The van der Waals surface area contributed by atoms with Gasteiger partial charge in [0.05, 0.1) is 19.6 Å². The number of rotatable bonds is 7. The second-order valence-electron chi connectivity index (χ2n) is 7.60. The minimum Gasteiger partial charge on any atom is -0.493 e. The van der Waals surface area contributed by atoms with E-state index < -0.39 is 17.7 Å². The number of amides is 3. The van der Waals surface area contributed by atoms with Crippen molar-refractivity contribution in [3.05, 3.63) is 42.0 Å². The second-order valence-corrected chi connectivity index (χ2v) is 7.60. The molecule has 2 N–H and O–H groups in total. The normalized spacial score (nSPS) is 16.5. The molecule has 10 nitrogen and oxygen atoms in total. The Balaban J connectivity index is 1.34. The third-order valence-corrected chi connectivity index (χ3v) is 5.35. The average Bonchev–Trinajstić information content (AvgIpc) is 3.46. The molecule has 2 aliphatic rings. The molecule has 0 aromatic heterocycles. The first-order chi connectivity index (χ1) is 16.0. The SMILES string of the molecule is CCCOc1ccc(C(=O)NNC(=O)C2CC(=O)N(c3ccc4c(c3)OCO4)C2)cc1OC. The number of hydrogen-bond donors (Lipinski definition) is 2. The fourth-order valence-corrected chi connectivity index (χ4v) is 3.62. The summed E-state index contributed by atoms with van der Waals surface area (Å²) < 4.78 is 21.5. The highest BCUT2D eigenvalue weighted by molar-refractivity contribution is 6.01. The molecule has 33 heavy (non-hydrogen) atoms. The van der Waals surface area contributed by atoms with Crippen LogP contribution in [0.1, 0.15) is 30.1 Å². The lowest BCUT2D eigenvalue weighted by Crippen LogP contribution is -2.45. The molecule has 174 valence electrons. The van der Waals surface area contributed by atoms with Crippen LogP contribution in [0.2, 0.25) is 0 Å². The van der Waals surface area contributed by atoms with Crippen molar-refractivity contribution in [3.63, 3.8) is 0 Å². The van der Waals surface area contributed by atoms with Crippen LogP contribution in [0.5, 0.6) is 23.0 Å². The summed E-state index contributed by atoms with van der Waals surface area (Å²) in [6.45, 7) is 2.85. The second kappa shape index (κ2) is 9.68. The highest BCUT2D eigenvalue weighted by Gasteiger charge is 2.36. The molecule has 1 fully saturated rings. The molecule has 2 aliphatic heterocycles. The van der Waals surface area contributed by atoms with E-state index in [4.69, 9.17) is 18.9 Å². The molecule has 0 saturated carbocycles. The van der Waals surface area contributed by atoms with Gasteiger partial charge in [-0.1, -0.05) is 6.92 Å². The zero-order valence-electron chi connectivity index (χ0n) is 18.4. The molecule has 1 atom stereocenters. The van der Waals surface area contributed by atoms with Crippen LogP contribution in [-0.2, 0) is 9.59 Å². The van der Waals surface area contributed by atoms with E-state index in [0.29, 0.717) is 40.9 Å². The van der Waals surface area contributed by atoms with E-state index in [1.807, 2.05) is 6.92 Å². The van der Waals surface area contributed by atoms with Crippen LogP contribution in [0.4, 0.5) is 5.69 Å². The first kappa shape index (κ1) is 22.3. The lowest BCUT2D eigenvalue weighted by Gasteiger charge is -2.17. The maximum atomic E-state index is 12.6. The van der Waals surface area contributed by atoms with Gasteiger partial charge in [-0.25, -0.2) is 0 Å². The standard InChI is InChI=1S/C23H25N3O7/c1-3-8-31-17-6-4-14(9-19(17)30-2)22(28)24-25-23(29)15-10-21(27)26(12-15)16-5-7-18-20(11-16)33-13-32-18/h4-7,9,11,15H,3,8,10,12-13H2,1-2H3,(H,24,28)(H,25,29). The Labute approximate surface area is 190 Å². The number of carbonyl (C=O) groups is 3. The summed E-state index contributed by atoms with van der Waals surface area (Å²) >= 11 is 0. The quantitative estimate of drug-likeness (QED) is 0.614. The van der Waals surface area contributed by atoms with Gasteiger partial charge in [-0.15, -0.1) is 0 Å². The average molecular weight is 455 g/mol. The number of hydrogen-bond acceptors (Lipinski definition) is 7. The lowest BCUT2D eigenvalue weighted by atomic mass is 10.1. The van der Waals surface area contributed by atoms with Crippen LogP contribution in [-0.4, -0.2) is 44.8 Å². The third kappa shape index (κ3) is 4.79. The van der Waals surface area contributed by atoms with Crippen LogP contribution in [0, 0.1) is 5.92 Å². The van der Waals surface area contributed by atoms with E-state index in [1.165, 1.54) is 18.1 Å². The summed E-state index contributed by atoms with van der Waals surface area (Å²) in [7, 11) is 1.49. The van der Waals surface area contributed by atoms with Crippen molar-refractivity contribution in [1.29, 1.82) is 0 Å². The molecule has 1 saturated heterocycles. The predicted octanol–water partition coefficient (Wildman–Crippen LogP) is 2.03. The molecule has 2 aromatic carbocycles. The van der Waals surface area contributed by atoms with Crippen molar-refractivity contribution in [3.8, 4) is 23.0 Å². The number of methoxy groups -OCH3 is 1. The molecule has 10 heteroatoms. The molecule has 3 amide bonds. The van der Waals surface area contributed by atoms with Crippen molar-refractivity contribution < 1.29 is 33.3 Å². The summed E-state index contributed by atoms with van der Waals surface area (Å²) in [5.74, 6) is 0.368. The molecule has 4 rings (SSSR count). The van der Waals surface area contributed by atoms with Crippen LogP contribution in [0.25, 0.3) is 0 Å². The van der Waals surface area contributed by atoms with Gasteiger partial charge in [0, 0.05) is 30.3 Å². The molecule has 0 bridgehead atoms. The summed E-state index contributed by atoms with van der Waals surface area (Å²) in [5, 5.41) is 0. The fraction of sp³-hybridized carbons (Fsp3) is 0.348. The van der Waals surface area contributed by atoms with Crippen molar-refractivity contribution in [2.45, 2.75) is 19.8 Å². The highest BCUT2D eigenvalue weighted by atomic mass is 16.7. The van der Waals surface area contributed by atoms with Gasteiger partial charge in [0.15, 0.2) is 23.0 Å². The number of anilines is 1. The van der Waals surface area contributed by atoms with Crippen molar-refractivity contribution in [1.82, 2.24) is 10.9 Å². The zero-order chi connectivity index (χ0) is 23.4. The molecule has 0 aliphatic carbocycles. The summed E-state index contributed by atoms with van der Waals surface area (Å²) in [5.41, 5.74) is 5.72. The summed E-state index contributed by atoms with van der Waals surface area (Å²) in [6, 6.07) is 9.94. The Morgan fingerprint density at radius 1 is 1.09 bits per heavy atom. The Morgan fingerprint density at radius 3 is 2.70 bits per heavy atom. The minimum atomic E-state index is -0.609. The first-order valence-electron chi connectivity index (χ1n) is 10.6. The number of hydrazine groups is 1. The molecule has 1 unspecified atom stereocenters. The molecule has 0 radical (unpaired) electrons. The van der Waals surface area contributed by atoms with E-state index in [-0.39, 0.29) is 25.7 Å². The third-order valence-electron chi connectivity index (χ3n) is 5.35. The van der Waals surface area contributed by atoms with Gasteiger partial charge in [0.25, 0.3) is 5.91 Å². The Hall–Kier alpha value is -3.95. The van der Waals surface area contributed by atoms with Gasteiger partial charge in [-0.05, 0) is 36.8 Å². The van der Waals surface area contributed by atoms with Crippen LogP contribution in [0.3, 0.4) is 0 Å². The highest BCUT2D eigenvalue weighted by Crippen LogP contribution is 2.37. The topological polar surface area (TPSA) is 115 Å². The van der Waals surface area contributed by atoms with Gasteiger partial charge in [-0.3, -0.25) is 25.2 Å². The molecular weight excluding hydrogens is 430 g/mol. The van der Waals surface area contributed by atoms with E-state index >= 15 is 0 Å². The minimum absolute atomic E-state index is 0.0352. The molecule has 2 heterocycles. The summed E-state index contributed by atoms with van der Waals surface area (Å²) in [6.07, 6.45) is 0.876. The number of nitrogens with one attached hydrogen (secondary N) is 2. The smallest absolute Gasteiger partial charge is 0.269 e. The number of nitrogens with zero attached hydrogens (tertiary/aromatic N) is 1. The predicted molar refractivity (Wildman–Crippen MR) is 117 cm³/mol. The van der Waals surface area contributed by atoms with Crippen LogP contribution < -0.4 is 34.7 Å². The maximum absolute atomic E-state index is 12.6. The monoisotopic (exact) mass is 455 g/mol. The first-order valence-corrected chi connectivity index (χ1v) is 10.6. The van der Waals surface area contributed by atoms with Crippen molar-refractivity contribution >= 4 is 23.4 Å². The van der Waals surface area contributed by atoms with E-state index in [9.17, 15) is 14.4 Å². The van der Waals surface area contributed by atoms with Crippen LogP contribution in [0.15, 0.2) is 36.4 Å². The van der Waals surface area contributed by atoms with Crippen molar-refractivity contribution in [2.75, 3.05) is 32.0 Å². The van der Waals surface area contributed by atoms with Crippen molar-refractivity contribution in [2.24, 2.45) is 5.92 Å². The molecule has 0 spiro atoms. The fourth-order valence-electron chi connectivity index (χ4n) is 3.62. The number of ether oxygens (including phenoxy) is 4. The lowest BCUT2D eigenvalue weighted by molar-refractivity contribution is -0.126. The largest absolute Gasteiger partial charge is 0.493 e. The van der Waals surface area contributed by atoms with E-state index in [2.05, 4.69) is 10.9 Å². The number of carbonyl (C=O) groups excluding carboxylic acids is 3. The Kier molecular flexibility index (Phi) is 6.53. The van der Waals surface area contributed by atoms with Gasteiger partial charge in [-0.2, -0.15) is 0 Å². The summed E-state index contributed by atoms with van der Waals surface area (Å²) in [4.78, 5) is 39.1. The number of fused-ring (bicyclic) bond motifs is 1. The van der Waals surface area contributed by atoms with Gasteiger partial charge >= 0.3 is 0 Å². The van der Waals surface area contributed by atoms with Gasteiger partial charge in [0.2, 0.25) is 18.6 Å². The Morgan fingerprint density at radius 2 is 1.91 bits per heavy atom. The molecular formula is C23H25N3O7. The number of benzene rings is 2. The van der Waals surface area contributed by atoms with Gasteiger partial charge in [0.1, 0.15) is 0 Å². The Bertz CT molecular complexity index is 1070. The van der Waals surface area contributed by atoms with Crippen LogP contribution >= 0.6 is 0 Å². The molecule has 2 aromatic rings. The van der Waals surface area contributed by atoms with E-state index in [1.54, 1.807) is 30.3 Å².